The largest absolute Gasteiger partial charge is 0.458 e. The summed E-state index contributed by atoms with van der Waals surface area (Å²) in [5.74, 6) is 1.51. The molecule has 1 atom stereocenters. The van der Waals surface area contributed by atoms with Crippen molar-refractivity contribution in [1.29, 1.82) is 0 Å². The lowest BCUT2D eigenvalue weighted by Crippen LogP contribution is -2.29. The number of carbonyl (C=O) groups is 1. The summed E-state index contributed by atoms with van der Waals surface area (Å²) < 4.78 is 8.23. The number of H-pyrrole nitrogens is 1. The Labute approximate surface area is 238 Å². The van der Waals surface area contributed by atoms with E-state index in [1.165, 1.54) is 11.6 Å². The van der Waals surface area contributed by atoms with E-state index in [-0.39, 0.29) is 23.2 Å². The van der Waals surface area contributed by atoms with Gasteiger partial charge in [0.05, 0.1) is 22.4 Å². The van der Waals surface area contributed by atoms with Crippen LogP contribution in [0.5, 0.6) is 0 Å². The molecule has 0 aliphatic heterocycles. The minimum absolute atomic E-state index is 0.146. The number of likely N-dealkylation sites (N-methyl/N-ethyl adjacent to an activating group) is 2. The zero-order chi connectivity index (χ0) is 29.6. The van der Waals surface area contributed by atoms with Gasteiger partial charge in [-0.15, -0.1) is 0 Å². The summed E-state index contributed by atoms with van der Waals surface area (Å²) in [7, 11) is 5.97. The molecular formula is C30H36N8O3. The predicted molar refractivity (Wildman–Crippen MR) is 164 cm³/mol. The molecule has 4 N–H and O–H groups in total. The van der Waals surface area contributed by atoms with Gasteiger partial charge in [-0.1, -0.05) is 25.2 Å². The van der Waals surface area contributed by atoms with E-state index in [2.05, 4.69) is 51.8 Å². The molecule has 0 bridgehead atoms. The number of aromatic nitrogens is 4. The quantitative estimate of drug-likeness (QED) is 0.273. The van der Waals surface area contributed by atoms with Gasteiger partial charge in [0.2, 0.25) is 5.91 Å². The summed E-state index contributed by atoms with van der Waals surface area (Å²) in [4.78, 5) is 29.3. The van der Waals surface area contributed by atoms with Crippen LogP contribution >= 0.6 is 0 Å². The Balaban J connectivity index is 1.77. The highest BCUT2D eigenvalue weighted by Crippen LogP contribution is 2.44. The molecule has 11 heteroatoms. The standard InChI is InChI=1S/C30H36N8O3/c1-8-23(39)32-21-10-9-19(15-22(21)37(7)12-11-36(5)6)38-26(24-25(35-38)30(40)34-33-29(24)31)28-18(4)20-14-16(2)13-17(3)27(20)41-28/h8-10,14-15,17H,1,11-13H2,2-7H3,(H2,31,33)(H,32,39)(H,34,40). The highest BCUT2D eigenvalue weighted by Gasteiger charge is 2.30. The third-order valence-electron chi connectivity index (χ3n) is 7.50. The molecule has 5 rings (SSSR count). The van der Waals surface area contributed by atoms with Gasteiger partial charge in [-0.3, -0.25) is 9.59 Å². The monoisotopic (exact) mass is 556 g/mol. The fourth-order valence-electron chi connectivity index (χ4n) is 5.36. The number of furan rings is 1. The van der Waals surface area contributed by atoms with Crippen LogP contribution in [0, 0.1) is 6.92 Å². The Morgan fingerprint density at radius 1 is 1.29 bits per heavy atom. The molecule has 4 aromatic rings. The number of nitrogens with two attached hydrogens (primary N) is 1. The van der Waals surface area contributed by atoms with E-state index < -0.39 is 5.56 Å². The van der Waals surface area contributed by atoms with E-state index in [0.717, 1.165) is 35.5 Å². The molecule has 0 saturated heterocycles. The first-order chi connectivity index (χ1) is 19.5. The third kappa shape index (κ3) is 5.04. The number of fused-ring (bicyclic) bond motifs is 2. The molecule has 1 aliphatic carbocycles. The Bertz CT molecular complexity index is 1760. The molecule has 214 valence electrons. The molecule has 1 aliphatic rings. The predicted octanol–water partition coefficient (Wildman–Crippen LogP) is 4.29. The van der Waals surface area contributed by atoms with Crippen LogP contribution in [0.4, 0.5) is 17.2 Å². The Morgan fingerprint density at radius 3 is 2.76 bits per heavy atom. The first kappa shape index (κ1) is 27.9. The lowest BCUT2D eigenvalue weighted by atomic mass is 9.89. The van der Waals surface area contributed by atoms with Crippen LogP contribution in [0.1, 0.15) is 43.1 Å². The van der Waals surface area contributed by atoms with Gasteiger partial charge in [0.1, 0.15) is 11.5 Å². The van der Waals surface area contributed by atoms with Gasteiger partial charge in [0.15, 0.2) is 17.1 Å². The molecule has 1 amide bonds. The molecule has 0 spiro atoms. The van der Waals surface area contributed by atoms with Crippen molar-refractivity contribution >= 4 is 40.1 Å². The van der Waals surface area contributed by atoms with E-state index in [0.29, 0.717) is 34.8 Å². The molecule has 3 heterocycles. The van der Waals surface area contributed by atoms with Crippen LogP contribution in [-0.2, 0) is 4.79 Å². The lowest BCUT2D eigenvalue weighted by molar-refractivity contribution is -0.111. The van der Waals surface area contributed by atoms with E-state index in [1.807, 2.05) is 46.3 Å². The number of nitrogens with zero attached hydrogens (tertiary/aromatic N) is 5. The number of anilines is 3. The lowest BCUT2D eigenvalue weighted by Gasteiger charge is -2.25. The molecule has 0 fully saturated rings. The average Bonchev–Trinajstić information content (AvgIpc) is 3.49. The number of carbonyl (C=O) groups excluding carboxylic acids is 1. The molecule has 0 radical (unpaired) electrons. The number of nitrogens with one attached hydrogen (secondary N) is 2. The van der Waals surface area contributed by atoms with E-state index in [1.54, 1.807) is 4.68 Å². The molecule has 1 unspecified atom stereocenters. The first-order valence-electron chi connectivity index (χ1n) is 13.5. The number of benzene rings is 1. The van der Waals surface area contributed by atoms with Crippen molar-refractivity contribution in [2.45, 2.75) is 33.1 Å². The van der Waals surface area contributed by atoms with Crippen LogP contribution in [-0.4, -0.2) is 65.0 Å². The van der Waals surface area contributed by atoms with Gasteiger partial charge in [-0.05, 0) is 58.6 Å². The smallest absolute Gasteiger partial charge is 0.292 e. The third-order valence-corrected chi connectivity index (χ3v) is 7.50. The summed E-state index contributed by atoms with van der Waals surface area (Å²) in [5, 5.41) is 14.5. The number of nitrogen functional groups attached to an aromatic ring is 1. The van der Waals surface area contributed by atoms with Crippen LogP contribution in [0.15, 0.2) is 45.6 Å². The van der Waals surface area contributed by atoms with Crippen molar-refractivity contribution in [3.8, 4) is 17.1 Å². The zero-order valence-electron chi connectivity index (χ0n) is 24.3. The maximum atomic E-state index is 12.9. The minimum atomic E-state index is -0.453. The summed E-state index contributed by atoms with van der Waals surface area (Å²) in [6, 6.07) is 5.57. The van der Waals surface area contributed by atoms with Gasteiger partial charge in [0.25, 0.3) is 5.56 Å². The van der Waals surface area contributed by atoms with Crippen molar-refractivity contribution in [2.75, 3.05) is 50.2 Å². The van der Waals surface area contributed by atoms with Crippen LogP contribution in [0.2, 0.25) is 0 Å². The first-order valence-corrected chi connectivity index (χ1v) is 13.5. The highest BCUT2D eigenvalue weighted by molar-refractivity contribution is 6.02. The number of hydrogen-bond donors (Lipinski definition) is 3. The fourth-order valence-corrected chi connectivity index (χ4v) is 5.36. The van der Waals surface area contributed by atoms with Crippen LogP contribution < -0.4 is 21.5 Å². The average molecular weight is 557 g/mol. The topological polar surface area (TPSA) is 138 Å². The van der Waals surface area contributed by atoms with E-state index >= 15 is 0 Å². The van der Waals surface area contributed by atoms with Gasteiger partial charge >= 0.3 is 0 Å². The number of allylic oxidation sites excluding steroid dienone is 1. The number of amides is 1. The second-order valence-electron chi connectivity index (χ2n) is 11.0. The normalized spacial score (nSPS) is 14.7. The number of aromatic amines is 1. The second kappa shape index (κ2) is 10.7. The number of hydrogen-bond acceptors (Lipinski definition) is 8. The van der Waals surface area contributed by atoms with Crippen molar-refractivity contribution in [2.24, 2.45) is 0 Å². The maximum absolute atomic E-state index is 12.9. The summed E-state index contributed by atoms with van der Waals surface area (Å²) >= 11 is 0. The van der Waals surface area contributed by atoms with Crippen molar-refractivity contribution in [3.05, 3.63) is 63.7 Å². The molecule has 11 nitrogen and oxygen atoms in total. The Kier molecular flexibility index (Phi) is 7.31. The molecule has 1 aromatic carbocycles. The van der Waals surface area contributed by atoms with Crippen LogP contribution in [0.25, 0.3) is 34.1 Å². The van der Waals surface area contributed by atoms with Gasteiger partial charge < -0.3 is 25.3 Å². The Hall–Kier alpha value is -4.64. The fraction of sp³-hybridized carbons (Fsp3) is 0.333. The summed E-state index contributed by atoms with van der Waals surface area (Å²) in [6.45, 7) is 11.3. The SMILES string of the molecule is C=CC(=O)Nc1ccc(-n2nc3c(=O)[nH]nc(N)c3c2-c2oc3c(c2C)C=C(C)CC3C)cc1N(C)CCN(C)C. The van der Waals surface area contributed by atoms with Crippen LogP contribution in [0.3, 0.4) is 0 Å². The molecule has 0 saturated carbocycles. The van der Waals surface area contributed by atoms with Crippen molar-refractivity contribution < 1.29 is 9.21 Å². The maximum Gasteiger partial charge on any atom is 0.292 e. The summed E-state index contributed by atoms with van der Waals surface area (Å²) in [6.07, 6.45) is 4.30. The zero-order valence-corrected chi connectivity index (χ0v) is 24.3. The van der Waals surface area contributed by atoms with E-state index in [4.69, 9.17) is 15.2 Å². The molecule has 41 heavy (non-hydrogen) atoms. The molecule has 3 aromatic heterocycles. The minimum Gasteiger partial charge on any atom is -0.458 e. The van der Waals surface area contributed by atoms with Crippen molar-refractivity contribution in [3.63, 3.8) is 0 Å². The second-order valence-corrected chi connectivity index (χ2v) is 11.0. The Morgan fingerprint density at radius 2 is 2.05 bits per heavy atom. The van der Waals surface area contributed by atoms with Gasteiger partial charge in [-0.2, -0.15) is 10.2 Å². The summed E-state index contributed by atoms with van der Waals surface area (Å²) in [5.41, 5.74) is 11.9. The van der Waals surface area contributed by atoms with E-state index in [9.17, 15) is 9.59 Å². The number of rotatable bonds is 8. The van der Waals surface area contributed by atoms with Gasteiger partial charge in [-0.25, -0.2) is 9.78 Å². The highest BCUT2D eigenvalue weighted by atomic mass is 16.3. The molecular weight excluding hydrogens is 520 g/mol. The van der Waals surface area contributed by atoms with Gasteiger partial charge in [0, 0.05) is 37.2 Å². The van der Waals surface area contributed by atoms with Crippen molar-refractivity contribution in [1.82, 2.24) is 24.9 Å².